The van der Waals surface area contributed by atoms with Gasteiger partial charge in [0, 0.05) is 37.3 Å². The quantitative estimate of drug-likeness (QED) is 0.774. The van der Waals surface area contributed by atoms with Gasteiger partial charge in [0.25, 0.3) is 0 Å². The van der Waals surface area contributed by atoms with Crippen molar-refractivity contribution in [3.8, 4) is 5.88 Å². The molecule has 0 spiro atoms. The van der Waals surface area contributed by atoms with E-state index in [9.17, 15) is 4.79 Å². The fourth-order valence-corrected chi connectivity index (χ4v) is 2.29. The summed E-state index contributed by atoms with van der Waals surface area (Å²) >= 11 is 0. The van der Waals surface area contributed by atoms with Crippen LogP contribution >= 0.6 is 0 Å². The highest BCUT2D eigenvalue weighted by atomic mass is 16.5. The molecule has 2 amide bonds. The predicted molar refractivity (Wildman–Crippen MR) is 87.4 cm³/mol. The van der Waals surface area contributed by atoms with Gasteiger partial charge in [-0.2, -0.15) is 5.10 Å². The first-order valence-electron chi connectivity index (χ1n) is 7.13. The number of anilines is 1. The lowest BCUT2D eigenvalue weighted by Gasteiger charge is -2.10. The predicted octanol–water partition coefficient (Wildman–Crippen LogP) is 2.30. The van der Waals surface area contributed by atoms with Crippen LogP contribution in [-0.2, 0) is 13.6 Å². The highest BCUT2D eigenvalue weighted by Gasteiger charge is 2.08. The van der Waals surface area contributed by atoms with E-state index >= 15 is 0 Å². The number of benzene rings is 1. The van der Waals surface area contributed by atoms with E-state index in [1.807, 2.05) is 30.3 Å². The van der Waals surface area contributed by atoms with E-state index in [1.165, 1.54) is 0 Å². The van der Waals surface area contributed by atoms with Crippen molar-refractivity contribution < 1.29 is 9.53 Å². The molecule has 0 fully saturated rings. The number of amides is 2. The molecule has 0 aliphatic rings. The zero-order valence-corrected chi connectivity index (χ0v) is 12.9. The van der Waals surface area contributed by atoms with Crippen LogP contribution in [-0.4, -0.2) is 27.9 Å². The van der Waals surface area contributed by atoms with E-state index in [2.05, 4.69) is 20.7 Å². The van der Waals surface area contributed by atoms with Crippen LogP contribution in [0, 0.1) is 0 Å². The van der Waals surface area contributed by atoms with E-state index in [4.69, 9.17) is 4.74 Å². The zero-order valence-electron chi connectivity index (χ0n) is 12.9. The molecule has 3 rings (SSSR count). The normalized spacial score (nSPS) is 10.5. The van der Waals surface area contributed by atoms with Gasteiger partial charge in [-0.15, -0.1) is 0 Å². The summed E-state index contributed by atoms with van der Waals surface area (Å²) in [6.45, 7) is 0.359. The van der Waals surface area contributed by atoms with Gasteiger partial charge in [-0.1, -0.05) is 18.2 Å². The van der Waals surface area contributed by atoms with Crippen molar-refractivity contribution in [3.05, 3.63) is 48.2 Å². The number of aryl methyl sites for hydroxylation is 1. The van der Waals surface area contributed by atoms with Crippen LogP contribution in [0.1, 0.15) is 5.56 Å². The molecule has 0 saturated carbocycles. The minimum absolute atomic E-state index is 0.316. The summed E-state index contributed by atoms with van der Waals surface area (Å²) in [6, 6.07) is 11.0. The van der Waals surface area contributed by atoms with Crippen molar-refractivity contribution in [2.75, 3.05) is 12.4 Å². The summed E-state index contributed by atoms with van der Waals surface area (Å²) in [4.78, 5) is 16.4. The topological polar surface area (TPSA) is 81.1 Å². The lowest BCUT2D eigenvalue weighted by molar-refractivity contribution is 0.251. The maximum Gasteiger partial charge on any atom is 0.320 e. The van der Waals surface area contributed by atoms with E-state index < -0.39 is 0 Å². The number of fused-ring (bicyclic) bond motifs is 1. The molecule has 118 valence electrons. The largest absolute Gasteiger partial charge is 0.481 e. The molecule has 2 N–H and O–H groups in total. The monoisotopic (exact) mass is 311 g/mol. The number of carbonyl (C=O) groups excluding carboxylic acids is 1. The Labute approximate surface area is 133 Å². The zero-order chi connectivity index (χ0) is 16.2. The molecule has 2 aromatic heterocycles. The Kier molecular flexibility index (Phi) is 4.09. The second-order valence-corrected chi connectivity index (χ2v) is 5.02. The highest BCUT2D eigenvalue weighted by molar-refractivity contribution is 5.89. The van der Waals surface area contributed by atoms with E-state index in [0.717, 1.165) is 16.5 Å². The SMILES string of the molecule is COc1cc(CNC(=O)Nc2ccn(C)n2)c2ccccc2n1. The van der Waals surface area contributed by atoms with Crippen molar-refractivity contribution in [3.63, 3.8) is 0 Å². The molecule has 2 heterocycles. The van der Waals surface area contributed by atoms with Crippen LogP contribution in [0.15, 0.2) is 42.6 Å². The molecule has 0 radical (unpaired) electrons. The number of ether oxygens (including phenoxy) is 1. The smallest absolute Gasteiger partial charge is 0.320 e. The van der Waals surface area contributed by atoms with Gasteiger partial charge in [0.15, 0.2) is 5.82 Å². The standard InChI is InChI=1S/C16H17N5O2/c1-21-8-7-14(20-21)19-16(22)17-10-11-9-15(23-2)18-13-6-4-3-5-12(11)13/h3-9H,10H2,1-2H3,(H2,17,19,20,22). The molecule has 0 aliphatic heterocycles. The fourth-order valence-electron chi connectivity index (χ4n) is 2.29. The maximum atomic E-state index is 12.0. The molecular weight excluding hydrogens is 294 g/mol. The first kappa shape index (κ1) is 14.8. The molecule has 0 saturated heterocycles. The van der Waals surface area contributed by atoms with Crippen molar-refractivity contribution in [2.45, 2.75) is 6.54 Å². The summed E-state index contributed by atoms with van der Waals surface area (Å²) in [5.74, 6) is 1.02. The van der Waals surface area contributed by atoms with Gasteiger partial charge >= 0.3 is 6.03 Å². The number of para-hydroxylation sites is 1. The lowest BCUT2D eigenvalue weighted by Crippen LogP contribution is -2.28. The number of carbonyl (C=O) groups is 1. The number of rotatable bonds is 4. The summed E-state index contributed by atoms with van der Waals surface area (Å²) in [6.07, 6.45) is 1.76. The molecule has 0 unspecified atom stereocenters. The Morgan fingerprint density at radius 3 is 2.87 bits per heavy atom. The third-order valence-corrected chi connectivity index (χ3v) is 3.38. The first-order valence-corrected chi connectivity index (χ1v) is 7.13. The molecule has 7 heteroatoms. The van der Waals surface area contributed by atoms with Crippen LogP contribution in [0.2, 0.25) is 0 Å². The minimum Gasteiger partial charge on any atom is -0.481 e. The van der Waals surface area contributed by atoms with Gasteiger partial charge in [-0.05, 0) is 11.6 Å². The van der Waals surface area contributed by atoms with Crippen LogP contribution < -0.4 is 15.4 Å². The number of nitrogens with one attached hydrogen (secondary N) is 2. The van der Waals surface area contributed by atoms with Crippen LogP contribution in [0.5, 0.6) is 5.88 Å². The Bertz CT molecular complexity index is 843. The number of aromatic nitrogens is 3. The average molecular weight is 311 g/mol. The third kappa shape index (κ3) is 3.39. The van der Waals surface area contributed by atoms with Gasteiger partial charge in [0.2, 0.25) is 5.88 Å². The summed E-state index contributed by atoms with van der Waals surface area (Å²) in [5, 5.41) is 10.6. The molecular formula is C16H17N5O2. The maximum absolute atomic E-state index is 12.0. The van der Waals surface area contributed by atoms with E-state index in [0.29, 0.717) is 18.2 Å². The minimum atomic E-state index is -0.316. The number of hydrogen-bond donors (Lipinski definition) is 2. The highest BCUT2D eigenvalue weighted by Crippen LogP contribution is 2.21. The van der Waals surface area contributed by atoms with Crippen LogP contribution in [0.3, 0.4) is 0 Å². The molecule has 7 nitrogen and oxygen atoms in total. The Morgan fingerprint density at radius 2 is 2.13 bits per heavy atom. The Balaban J connectivity index is 1.74. The summed E-state index contributed by atoms with van der Waals surface area (Å²) in [5.41, 5.74) is 1.76. The molecule has 0 atom stereocenters. The first-order chi connectivity index (χ1) is 11.2. The van der Waals surface area contributed by atoms with Gasteiger partial charge in [0.1, 0.15) is 0 Å². The summed E-state index contributed by atoms with van der Waals surface area (Å²) in [7, 11) is 3.36. The van der Waals surface area contributed by atoms with Gasteiger partial charge < -0.3 is 10.1 Å². The van der Waals surface area contributed by atoms with E-state index in [1.54, 1.807) is 31.1 Å². The van der Waals surface area contributed by atoms with Gasteiger partial charge in [-0.3, -0.25) is 10.00 Å². The molecule has 1 aromatic carbocycles. The lowest BCUT2D eigenvalue weighted by atomic mass is 10.1. The molecule has 23 heavy (non-hydrogen) atoms. The van der Waals surface area contributed by atoms with Crippen molar-refractivity contribution in [1.82, 2.24) is 20.1 Å². The van der Waals surface area contributed by atoms with E-state index in [-0.39, 0.29) is 6.03 Å². The van der Waals surface area contributed by atoms with Gasteiger partial charge in [0.05, 0.1) is 12.6 Å². The molecule has 0 bridgehead atoms. The number of urea groups is 1. The Hall–Kier alpha value is -3.09. The Morgan fingerprint density at radius 1 is 1.30 bits per heavy atom. The molecule has 0 aliphatic carbocycles. The average Bonchev–Trinajstić information content (AvgIpc) is 2.97. The van der Waals surface area contributed by atoms with Crippen LogP contribution in [0.4, 0.5) is 10.6 Å². The van der Waals surface area contributed by atoms with Crippen molar-refractivity contribution >= 4 is 22.8 Å². The molecule has 3 aromatic rings. The number of nitrogens with zero attached hydrogens (tertiary/aromatic N) is 3. The van der Waals surface area contributed by atoms with Gasteiger partial charge in [-0.25, -0.2) is 9.78 Å². The third-order valence-electron chi connectivity index (χ3n) is 3.38. The van der Waals surface area contributed by atoms with Crippen LogP contribution in [0.25, 0.3) is 10.9 Å². The van der Waals surface area contributed by atoms with Crippen molar-refractivity contribution in [1.29, 1.82) is 0 Å². The summed E-state index contributed by atoms with van der Waals surface area (Å²) < 4.78 is 6.84. The fraction of sp³-hybridized carbons (Fsp3) is 0.188. The number of pyridine rings is 1. The second-order valence-electron chi connectivity index (χ2n) is 5.02. The second kappa shape index (κ2) is 6.35. The number of methoxy groups -OCH3 is 1. The number of hydrogen-bond acceptors (Lipinski definition) is 4. The van der Waals surface area contributed by atoms with Crippen molar-refractivity contribution in [2.24, 2.45) is 7.05 Å².